The maximum atomic E-state index is 11.1. The third kappa shape index (κ3) is 4.14. The Balaban J connectivity index is 2.48. The summed E-state index contributed by atoms with van der Waals surface area (Å²) in [5, 5.41) is 0. The monoisotopic (exact) mass is 212 g/mol. The minimum absolute atomic E-state index is 0.147. The lowest BCUT2D eigenvalue weighted by atomic mass is 10.1. The second kappa shape index (κ2) is 4.47. The van der Waals surface area contributed by atoms with Gasteiger partial charge in [-0.1, -0.05) is 0 Å². The Bertz CT molecular complexity index is 302. The first-order chi connectivity index (χ1) is 6.89. The molecule has 0 spiro atoms. The number of Topliss-reactive ketones (excluding diaryl/α,β-unsaturated/α-hetero) is 1. The van der Waals surface area contributed by atoms with E-state index in [9.17, 15) is 9.59 Å². The zero-order valence-corrected chi connectivity index (χ0v) is 9.33. The number of esters is 1. The predicted molar refractivity (Wildman–Crippen MR) is 53.9 cm³/mol. The molecule has 0 aromatic rings. The summed E-state index contributed by atoms with van der Waals surface area (Å²) in [6.45, 7) is 4.92. The van der Waals surface area contributed by atoms with Gasteiger partial charge in [0, 0.05) is 26.7 Å². The molecule has 0 bridgehead atoms. The van der Waals surface area contributed by atoms with Crippen molar-refractivity contribution >= 4 is 11.8 Å². The van der Waals surface area contributed by atoms with Crippen molar-refractivity contribution in [2.75, 3.05) is 0 Å². The molecule has 15 heavy (non-hydrogen) atoms. The van der Waals surface area contributed by atoms with Gasteiger partial charge < -0.3 is 14.3 Å². The van der Waals surface area contributed by atoms with E-state index in [1.165, 1.54) is 6.08 Å². The van der Waals surface area contributed by atoms with Crippen molar-refractivity contribution in [2.45, 2.75) is 45.8 Å². The average molecular weight is 212 g/mol. The first kappa shape index (κ1) is 11.8. The summed E-state index contributed by atoms with van der Waals surface area (Å²) in [5.41, 5.74) is 0. The van der Waals surface area contributed by atoms with Crippen LogP contribution in [-0.2, 0) is 19.1 Å². The first-order valence-electron chi connectivity index (χ1n) is 5.01. The van der Waals surface area contributed by atoms with Crippen LogP contribution in [0.4, 0.5) is 0 Å². The molecule has 1 aliphatic heterocycles. The molecule has 4 nitrogen and oxygen atoms in total. The van der Waals surface area contributed by atoms with Crippen LogP contribution in [0.5, 0.6) is 0 Å². The molecule has 0 aromatic heterocycles. The zero-order chi connectivity index (χ0) is 11.5. The van der Waals surface area contributed by atoms with Crippen LogP contribution in [0.1, 0.15) is 40.0 Å². The molecule has 0 aliphatic carbocycles. The Morgan fingerprint density at radius 3 is 2.60 bits per heavy atom. The molecule has 0 unspecified atom stereocenters. The number of carbonyl (C=O) groups is 2. The number of hydrogen-bond donors (Lipinski definition) is 0. The Labute approximate surface area is 89.2 Å². The van der Waals surface area contributed by atoms with Gasteiger partial charge in [-0.25, -0.2) is 4.79 Å². The molecule has 0 aromatic carbocycles. The van der Waals surface area contributed by atoms with Crippen molar-refractivity contribution in [1.82, 2.24) is 0 Å². The molecule has 84 valence electrons. The summed E-state index contributed by atoms with van der Waals surface area (Å²) in [5.74, 6) is -0.535. The van der Waals surface area contributed by atoms with Crippen LogP contribution in [0.25, 0.3) is 0 Å². The van der Waals surface area contributed by atoms with E-state index in [2.05, 4.69) is 0 Å². The Hall–Kier alpha value is -1.32. The van der Waals surface area contributed by atoms with Gasteiger partial charge in [0.05, 0.1) is 6.08 Å². The lowest BCUT2D eigenvalue weighted by Gasteiger charge is -2.30. The maximum Gasteiger partial charge on any atom is 0.337 e. The van der Waals surface area contributed by atoms with E-state index in [1.807, 2.05) is 0 Å². The van der Waals surface area contributed by atoms with Gasteiger partial charge in [0.15, 0.2) is 0 Å². The Morgan fingerprint density at radius 1 is 1.40 bits per heavy atom. The van der Waals surface area contributed by atoms with Gasteiger partial charge in [0.2, 0.25) is 5.79 Å². The van der Waals surface area contributed by atoms with Crippen molar-refractivity contribution in [3.8, 4) is 0 Å². The number of ether oxygens (including phenoxy) is 2. The van der Waals surface area contributed by atoms with E-state index in [4.69, 9.17) is 9.47 Å². The van der Waals surface area contributed by atoms with Crippen molar-refractivity contribution in [2.24, 2.45) is 0 Å². The van der Waals surface area contributed by atoms with E-state index in [1.54, 1.807) is 20.8 Å². The second-order valence-electron chi connectivity index (χ2n) is 4.09. The standard InChI is InChI=1S/C11H16O4/c1-8(12)5-4-6-9-7-10(13)15-11(2,3)14-9/h7H,4-6H2,1-3H3. The maximum absolute atomic E-state index is 11.1. The number of allylic oxidation sites excluding steroid dienone is 1. The van der Waals surface area contributed by atoms with Crippen molar-refractivity contribution in [1.29, 1.82) is 0 Å². The molecule has 0 fully saturated rings. The fourth-order valence-corrected chi connectivity index (χ4v) is 1.40. The molecule has 0 atom stereocenters. The summed E-state index contributed by atoms with van der Waals surface area (Å²) >= 11 is 0. The highest BCUT2D eigenvalue weighted by Gasteiger charge is 2.29. The molecule has 0 amide bonds. The minimum Gasteiger partial charge on any atom is -0.457 e. The number of ketones is 1. The van der Waals surface area contributed by atoms with E-state index in [-0.39, 0.29) is 11.8 Å². The quantitative estimate of drug-likeness (QED) is 0.668. The Morgan fingerprint density at radius 2 is 2.07 bits per heavy atom. The molecule has 1 aliphatic rings. The van der Waals surface area contributed by atoms with Gasteiger partial charge in [-0.2, -0.15) is 0 Å². The summed E-state index contributed by atoms with van der Waals surface area (Å²) in [6.07, 6.45) is 3.14. The van der Waals surface area contributed by atoms with Crippen LogP contribution in [0, 0.1) is 0 Å². The van der Waals surface area contributed by atoms with Crippen LogP contribution in [-0.4, -0.2) is 17.5 Å². The van der Waals surface area contributed by atoms with Gasteiger partial charge >= 0.3 is 5.97 Å². The molecule has 0 N–H and O–H groups in total. The highest BCUT2D eigenvalue weighted by molar-refractivity contribution is 5.83. The highest BCUT2D eigenvalue weighted by Crippen LogP contribution is 2.24. The van der Waals surface area contributed by atoms with E-state index in [0.717, 1.165) is 0 Å². The fraction of sp³-hybridized carbons (Fsp3) is 0.636. The van der Waals surface area contributed by atoms with Crippen LogP contribution < -0.4 is 0 Å². The molecule has 1 heterocycles. The van der Waals surface area contributed by atoms with E-state index in [0.29, 0.717) is 25.0 Å². The summed E-state index contributed by atoms with van der Waals surface area (Å²) in [7, 11) is 0. The van der Waals surface area contributed by atoms with Crippen LogP contribution in [0.15, 0.2) is 11.8 Å². The predicted octanol–water partition coefficient (Wildman–Crippen LogP) is 1.94. The highest BCUT2D eigenvalue weighted by atomic mass is 16.7. The van der Waals surface area contributed by atoms with Crippen molar-refractivity contribution < 1.29 is 19.1 Å². The second-order valence-corrected chi connectivity index (χ2v) is 4.09. The van der Waals surface area contributed by atoms with Crippen LogP contribution >= 0.6 is 0 Å². The van der Waals surface area contributed by atoms with E-state index >= 15 is 0 Å². The van der Waals surface area contributed by atoms with Crippen LogP contribution in [0.2, 0.25) is 0 Å². The summed E-state index contributed by atoms with van der Waals surface area (Å²) < 4.78 is 10.4. The third-order valence-electron chi connectivity index (χ3n) is 1.95. The largest absolute Gasteiger partial charge is 0.457 e. The molecule has 1 rings (SSSR count). The smallest absolute Gasteiger partial charge is 0.337 e. The fourth-order valence-electron chi connectivity index (χ4n) is 1.40. The third-order valence-corrected chi connectivity index (χ3v) is 1.95. The topological polar surface area (TPSA) is 52.6 Å². The molecule has 0 saturated heterocycles. The number of cyclic esters (lactones) is 1. The summed E-state index contributed by atoms with van der Waals surface area (Å²) in [4.78, 5) is 21.9. The van der Waals surface area contributed by atoms with E-state index < -0.39 is 5.79 Å². The number of rotatable bonds is 4. The minimum atomic E-state index is -0.891. The molecular formula is C11H16O4. The summed E-state index contributed by atoms with van der Waals surface area (Å²) in [6, 6.07) is 0. The van der Waals surface area contributed by atoms with Crippen molar-refractivity contribution in [3.63, 3.8) is 0 Å². The van der Waals surface area contributed by atoms with Gasteiger partial charge in [0.25, 0.3) is 0 Å². The average Bonchev–Trinajstić information content (AvgIpc) is 1.98. The molecule has 4 heteroatoms. The van der Waals surface area contributed by atoms with Crippen LogP contribution in [0.3, 0.4) is 0 Å². The van der Waals surface area contributed by atoms with Gasteiger partial charge in [-0.3, -0.25) is 0 Å². The molecule has 0 saturated carbocycles. The molecular weight excluding hydrogens is 196 g/mol. The Kier molecular flexibility index (Phi) is 3.50. The normalized spacial score (nSPS) is 18.9. The lowest BCUT2D eigenvalue weighted by molar-refractivity contribution is -0.206. The van der Waals surface area contributed by atoms with Gasteiger partial charge in [0.1, 0.15) is 11.5 Å². The van der Waals surface area contributed by atoms with Crippen molar-refractivity contribution in [3.05, 3.63) is 11.8 Å². The number of hydrogen-bond acceptors (Lipinski definition) is 4. The SMILES string of the molecule is CC(=O)CCCC1=CC(=O)OC(C)(C)O1. The van der Waals surface area contributed by atoms with Gasteiger partial charge in [-0.05, 0) is 13.3 Å². The first-order valence-corrected chi connectivity index (χ1v) is 5.01. The number of carbonyl (C=O) groups excluding carboxylic acids is 2. The molecule has 0 radical (unpaired) electrons. The van der Waals surface area contributed by atoms with Gasteiger partial charge in [-0.15, -0.1) is 0 Å². The lowest BCUT2D eigenvalue weighted by Crippen LogP contribution is -2.34. The zero-order valence-electron chi connectivity index (χ0n) is 9.33.